The Bertz CT molecular complexity index is 540. The first kappa shape index (κ1) is 9.46. The summed E-state index contributed by atoms with van der Waals surface area (Å²) in [7, 11) is 0. The van der Waals surface area contributed by atoms with Crippen molar-refractivity contribution in [3.63, 3.8) is 0 Å². The topological polar surface area (TPSA) is 29.9 Å². The first-order chi connectivity index (χ1) is 7.75. The first-order valence-corrected chi connectivity index (χ1v) is 5.62. The Labute approximate surface area is 95.1 Å². The summed E-state index contributed by atoms with van der Waals surface area (Å²) in [4.78, 5) is 4.23. The predicted octanol–water partition coefficient (Wildman–Crippen LogP) is 2.46. The van der Waals surface area contributed by atoms with Gasteiger partial charge in [0, 0.05) is 24.9 Å². The third kappa shape index (κ3) is 1.32. The number of hydrogen-bond acceptors (Lipinski definition) is 2. The zero-order valence-corrected chi connectivity index (χ0v) is 9.62. The van der Waals surface area contributed by atoms with Gasteiger partial charge in [-0.1, -0.05) is 0 Å². The van der Waals surface area contributed by atoms with Crippen molar-refractivity contribution in [3.05, 3.63) is 41.5 Å². The van der Waals surface area contributed by atoms with Crippen molar-refractivity contribution >= 4 is 5.69 Å². The lowest BCUT2D eigenvalue weighted by atomic mass is 10.1. The van der Waals surface area contributed by atoms with E-state index in [-0.39, 0.29) is 0 Å². The van der Waals surface area contributed by atoms with Crippen LogP contribution < -0.4 is 5.32 Å². The van der Waals surface area contributed by atoms with E-state index < -0.39 is 0 Å². The maximum absolute atomic E-state index is 4.23. The molecule has 1 aromatic heterocycles. The molecule has 0 radical (unpaired) electrons. The van der Waals surface area contributed by atoms with Crippen LogP contribution in [0.5, 0.6) is 0 Å². The van der Waals surface area contributed by atoms with Crippen LogP contribution in [0.4, 0.5) is 5.69 Å². The Morgan fingerprint density at radius 1 is 1.25 bits per heavy atom. The van der Waals surface area contributed by atoms with Crippen LogP contribution in [0, 0.1) is 13.8 Å². The fourth-order valence-electron chi connectivity index (χ4n) is 2.19. The predicted molar refractivity (Wildman–Crippen MR) is 65.2 cm³/mol. The molecule has 3 rings (SSSR count). The summed E-state index contributed by atoms with van der Waals surface area (Å²) in [5.74, 6) is 0. The van der Waals surface area contributed by atoms with Crippen molar-refractivity contribution in [1.29, 1.82) is 0 Å². The molecule has 0 aliphatic carbocycles. The fraction of sp³-hybridized carbons (Fsp3) is 0.308. The van der Waals surface area contributed by atoms with E-state index in [1.165, 1.54) is 28.2 Å². The van der Waals surface area contributed by atoms with Crippen LogP contribution in [-0.2, 0) is 6.42 Å². The summed E-state index contributed by atoms with van der Waals surface area (Å²) < 4.78 is 2.18. The highest BCUT2D eigenvalue weighted by Gasteiger charge is 2.14. The molecule has 2 heterocycles. The lowest BCUT2D eigenvalue weighted by Gasteiger charge is -2.12. The zero-order chi connectivity index (χ0) is 11.1. The van der Waals surface area contributed by atoms with Gasteiger partial charge in [-0.2, -0.15) is 0 Å². The molecule has 0 fully saturated rings. The quantitative estimate of drug-likeness (QED) is 0.728. The first-order valence-electron chi connectivity index (χ1n) is 5.62. The molecule has 1 aliphatic heterocycles. The number of fused-ring (bicyclic) bond motifs is 3. The molecule has 1 aliphatic rings. The minimum atomic E-state index is 0.973. The molecule has 1 aromatic carbocycles. The monoisotopic (exact) mass is 213 g/mol. The van der Waals surface area contributed by atoms with Gasteiger partial charge in [0.1, 0.15) is 0 Å². The van der Waals surface area contributed by atoms with E-state index in [4.69, 9.17) is 0 Å². The van der Waals surface area contributed by atoms with Crippen molar-refractivity contribution in [2.45, 2.75) is 20.3 Å². The van der Waals surface area contributed by atoms with Crippen molar-refractivity contribution < 1.29 is 0 Å². The van der Waals surface area contributed by atoms with E-state index in [0.29, 0.717) is 0 Å². The highest BCUT2D eigenvalue weighted by atomic mass is 15.1. The molecule has 82 valence electrons. The standard InChI is InChI=1S/C13H15N3/c1-9-5-12-13(6-10(9)2)16-8-14-7-11(16)3-4-15-12/h5-8,15H,3-4H2,1-2H3. The molecule has 3 heteroatoms. The number of anilines is 1. The molecule has 0 amide bonds. The van der Waals surface area contributed by atoms with Crippen molar-refractivity contribution in [2.24, 2.45) is 0 Å². The maximum atomic E-state index is 4.23. The third-order valence-electron chi connectivity index (χ3n) is 3.28. The Kier molecular flexibility index (Phi) is 1.99. The van der Waals surface area contributed by atoms with E-state index in [2.05, 4.69) is 40.8 Å². The molecular formula is C13H15N3. The molecule has 0 bridgehead atoms. The number of nitrogens with zero attached hydrogens (tertiary/aromatic N) is 2. The molecule has 16 heavy (non-hydrogen) atoms. The van der Waals surface area contributed by atoms with Crippen LogP contribution in [0.15, 0.2) is 24.7 Å². The van der Waals surface area contributed by atoms with Gasteiger partial charge in [-0.3, -0.25) is 0 Å². The second-order valence-corrected chi connectivity index (χ2v) is 4.39. The minimum absolute atomic E-state index is 0.973. The maximum Gasteiger partial charge on any atom is 0.0994 e. The molecular weight excluding hydrogens is 198 g/mol. The van der Waals surface area contributed by atoms with Gasteiger partial charge in [-0.05, 0) is 37.1 Å². The number of aromatic nitrogens is 2. The van der Waals surface area contributed by atoms with Gasteiger partial charge in [-0.15, -0.1) is 0 Å². The molecule has 2 aromatic rings. The number of aryl methyl sites for hydroxylation is 2. The Hall–Kier alpha value is -1.77. The van der Waals surface area contributed by atoms with Crippen molar-refractivity contribution in [1.82, 2.24) is 9.55 Å². The summed E-state index contributed by atoms with van der Waals surface area (Å²) >= 11 is 0. The van der Waals surface area contributed by atoms with Gasteiger partial charge in [0.2, 0.25) is 0 Å². The highest BCUT2D eigenvalue weighted by Crippen LogP contribution is 2.27. The van der Waals surface area contributed by atoms with E-state index in [1.54, 1.807) is 0 Å². The average Bonchev–Trinajstić information content (AvgIpc) is 2.65. The van der Waals surface area contributed by atoms with Gasteiger partial charge in [0.15, 0.2) is 0 Å². The smallest absolute Gasteiger partial charge is 0.0994 e. The second kappa shape index (κ2) is 3.37. The fourth-order valence-corrected chi connectivity index (χ4v) is 2.19. The largest absolute Gasteiger partial charge is 0.383 e. The second-order valence-electron chi connectivity index (χ2n) is 4.39. The molecule has 3 nitrogen and oxygen atoms in total. The van der Waals surface area contributed by atoms with E-state index in [9.17, 15) is 0 Å². The molecule has 1 N–H and O–H groups in total. The van der Waals surface area contributed by atoms with Crippen LogP contribution in [-0.4, -0.2) is 16.1 Å². The lowest BCUT2D eigenvalue weighted by Crippen LogP contribution is -2.02. The third-order valence-corrected chi connectivity index (χ3v) is 3.28. The molecule has 0 spiro atoms. The van der Waals surface area contributed by atoms with E-state index in [0.717, 1.165) is 13.0 Å². The summed E-state index contributed by atoms with van der Waals surface area (Å²) in [6, 6.07) is 4.45. The normalized spacial score (nSPS) is 13.6. The van der Waals surface area contributed by atoms with Crippen LogP contribution in [0.3, 0.4) is 0 Å². The Morgan fingerprint density at radius 3 is 2.94 bits per heavy atom. The molecule has 0 unspecified atom stereocenters. The van der Waals surface area contributed by atoms with E-state index in [1.807, 2.05) is 12.5 Å². The van der Waals surface area contributed by atoms with Gasteiger partial charge in [-0.25, -0.2) is 4.98 Å². The number of imidazole rings is 1. The summed E-state index contributed by atoms with van der Waals surface area (Å²) in [5.41, 5.74) is 6.35. The Balaban J connectivity index is 2.27. The lowest BCUT2D eigenvalue weighted by molar-refractivity contribution is 0.928. The van der Waals surface area contributed by atoms with Crippen LogP contribution in [0.25, 0.3) is 5.69 Å². The average molecular weight is 213 g/mol. The molecule has 0 saturated carbocycles. The van der Waals surface area contributed by atoms with Gasteiger partial charge in [0.25, 0.3) is 0 Å². The zero-order valence-electron chi connectivity index (χ0n) is 9.62. The molecule has 0 atom stereocenters. The summed E-state index contributed by atoms with van der Waals surface area (Å²) in [6.07, 6.45) is 4.87. The van der Waals surface area contributed by atoms with Gasteiger partial charge in [0.05, 0.1) is 17.7 Å². The highest BCUT2D eigenvalue weighted by molar-refractivity contribution is 5.65. The van der Waals surface area contributed by atoms with Gasteiger partial charge >= 0.3 is 0 Å². The van der Waals surface area contributed by atoms with Gasteiger partial charge < -0.3 is 9.88 Å². The van der Waals surface area contributed by atoms with Crippen molar-refractivity contribution in [3.8, 4) is 5.69 Å². The molecule has 0 saturated heterocycles. The van der Waals surface area contributed by atoms with Crippen LogP contribution >= 0.6 is 0 Å². The summed E-state index contributed by atoms with van der Waals surface area (Å²) in [5, 5.41) is 3.48. The minimum Gasteiger partial charge on any atom is -0.383 e. The number of rotatable bonds is 0. The number of hydrogen-bond donors (Lipinski definition) is 1. The number of nitrogens with one attached hydrogen (secondary N) is 1. The van der Waals surface area contributed by atoms with Crippen LogP contribution in [0.1, 0.15) is 16.8 Å². The summed E-state index contributed by atoms with van der Waals surface area (Å²) in [6.45, 7) is 5.27. The number of benzene rings is 1. The SMILES string of the molecule is Cc1cc2c(cc1C)-n1cncc1CCN2. The van der Waals surface area contributed by atoms with Crippen molar-refractivity contribution in [2.75, 3.05) is 11.9 Å². The van der Waals surface area contributed by atoms with Crippen LogP contribution in [0.2, 0.25) is 0 Å². The Morgan fingerprint density at radius 2 is 2.06 bits per heavy atom. The van der Waals surface area contributed by atoms with E-state index >= 15 is 0 Å².